The van der Waals surface area contributed by atoms with Gasteiger partial charge in [0.2, 0.25) is 0 Å². The normalized spacial score (nSPS) is 42.6. The molecule has 2 fully saturated rings. The third kappa shape index (κ3) is 2.71. The van der Waals surface area contributed by atoms with Gasteiger partial charge in [-0.3, -0.25) is 0 Å². The molecule has 0 aromatic heterocycles. The van der Waals surface area contributed by atoms with Gasteiger partial charge in [-0.15, -0.1) is 0 Å². The summed E-state index contributed by atoms with van der Waals surface area (Å²) in [6, 6.07) is 1.34. The number of nitrogens with one attached hydrogen (secondary N) is 1. The van der Waals surface area contributed by atoms with Crippen LogP contribution in [0.3, 0.4) is 0 Å². The minimum absolute atomic E-state index is 0.0472. The molecule has 1 aliphatic heterocycles. The highest BCUT2D eigenvalue weighted by atomic mass is 16.3. The number of aliphatic hydroxyl groups excluding tert-OH is 1. The van der Waals surface area contributed by atoms with Crippen molar-refractivity contribution >= 4 is 0 Å². The Kier molecular flexibility index (Phi) is 3.65. The summed E-state index contributed by atoms with van der Waals surface area (Å²) >= 11 is 0. The first kappa shape index (κ1) is 11.4. The van der Waals surface area contributed by atoms with E-state index in [-0.39, 0.29) is 6.10 Å². The van der Waals surface area contributed by atoms with Crippen LogP contribution in [0.2, 0.25) is 0 Å². The van der Waals surface area contributed by atoms with Gasteiger partial charge < -0.3 is 15.3 Å². The van der Waals surface area contributed by atoms with Crippen molar-refractivity contribution in [2.75, 3.05) is 20.1 Å². The van der Waals surface area contributed by atoms with Crippen molar-refractivity contribution in [1.29, 1.82) is 0 Å². The predicted octanol–water partition coefficient (Wildman–Crippen LogP) is 0.830. The first-order valence-electron chi connectivity index (χ1n) is 6.28. The molecule has 3 heteroatoms. The first-order valence-corrected chi connectivity index (χ1v) is 6.28. The summed E-state index contributed by atoms with van der Waals surface area (Å²) in [5, 5.41) is 13.3. The van der Waals surface area contributed by atoms with Gasteiger partial charge >= 0.3 is 0 Å². The van der Waals surface area contributed by atoms with Crippen LogP contribution in [0, 0.1) is 5.92 Å². The van der Waals surface area contributed by atoms with Crippen molar-refractivity contribution in [1.82, 2.24) is 10.2 Å². The molecule has 1 saturated heterocycles. The fourth-order valence-corrected chi connectivity index (χ4v) is 2.92. The molecular formula is C12H24N2O. The van der Waals surface area contributed by atoms with Crippen molar-refractivity contribution < 1.29 is 5.11 Å². The average Bonchev–Trinajstić information content (AvgIpc) is 2.72. The number of likely N-dealkylation sites (N-methyl/N-ethyl adjacent to an activating group) is 1. The highest BCUT2D eigenvalue weighted by Crippen LogP contribution is 2.25. The number of hydrogen-bond acceptors (Lipinski definition) is 3. The lowest BCUT2D eigenvalue weighted by atomic mass is 10.1. The van der Waals surface area contributed by atoms with Crippen LogP contribution in [0.4, 0.5) is 0 Å². The van der Waals surface area contributed by atoms with Crippen LogP contribution in [0.5, 0.6) is 0 Å². The minimum atomic E-state index is -0.0472. The zero-order chi connectivity index (χ0) is 10.8. The molecule has 0 radical (unpaired) electrons. The van der Waals surface area contributed by atoms with Gasteiger partial charge in [0, 0.05) is 25.2 Å². The van der Waals surface area contributed by atoms with Gasteiger partial charge in [-0.2, -0.15) is 0 Å². The molecule has 0 aromatic carbocycles. The van der Waals surface area contributed by atoms with Crippen LogP contribution in [-0.4, -0.2) is 48.3 Å². The summed E-state index contributed by atoms with van der Waals surface area (Å²) in [7, 11) is 2.19. The molecule has 88 valence electrons. The Labute approximate surface area is 92.8 Å². The smallest absolute Gasteiger partial charge is 0.0580 e. The van der Waals surface area contributed by atoms with Gasteiger partial charge in [0.05, 0.1) is 6.10 Å². The van der Waals surface area contributed by atoms with Crippen molar-refractivity contribution in [3.8, 4) is 0 Å². The molecule has 4 atom stereocenters. The van der Waals surface area contributed by atoms with E-state index >= 15 is 0 Å². The molecule has 0 spiro atoms. The van der Waals surface area contributed by atoms with E-state index in [1.54, 1.807) is 0 Å². The molecule has 0 bridgehead atoms. The van der Waals surface area contributed by atoms with Crippen LogP contribution in [0.25, 0.3) is 0 Å². The van der Waals surface area contributed by atoms with Gasteiger partial charge in [-0.25, -0.2) is 0 Å². The SMILES string of the molecule is CC1CC(NCC2CCCC2O)CN1C. The highest BCUT2D eigenvalue weighted by molar-refractivity contribution is 4.87. The van der Waals surface area contributed by atoms with Crippen LogP contribution < -0.4 is 5.32 Å². The Balaban J connectivity index is 1.70. The minimum Gasteiger partial charge on any atom is -0.393 e. The number of rotatable bonds is 3. The zero-order valence-electron chi connectivity index (χ0n) is 9.95. The molecule has 15 heavy (non-hydrogen) atoms. The molecule has 3 nitrogen and oxygen atoms in total. The van der Waals surface area contributed by atoms with Crippen LogP contribution in [0.15, 0.2) is 0 Å². The third-order valence-electron chi connectivity index (χ3n) is 4.17. The molecule has 0 aromatic rings. The summed E-state index contributed by atoms with van der Waals surface area (Å²) in [6.07, 6.45) is 4.61. The summed E-state index contributed by atoms with van der Waals surface area (Å²) in [5.41, 5.74) is 0. The summed E-state index contributed by atoms with van der Waals surface area (Å²) in [5.74, 6) is 0.506. The maximum Gasteiger partial charge on any atom is 0.0580 e. The second-order valence-electron chi connectivity index (χ2n) is 5.39. The number of nitrogens with zero attached hydrogens (tertiary/aromatic N) is 1. The highest BCUT2D eigenvalue weighted by Gasteiger charge is 2.29. The Hall–Kier alpha value is -0.120. The largest absolute Gasteiger partial charge is 0.393 e. The molecule has 0 amide bonds. The second kappa shape index (κ2) is 4.81. The Morgan fingerprint density at radius 1 is 1.40 bits per heavy atom. The number of hydrogen-bond donors (Lipinski definition) is 2. The fraction of sp³-hybridized carbons (Fsp3) is 1.00. The molecular weight excluding hydrogens is 188 g/mol. The van der Waals surface area contributed by atoms with Crippen molar-refractivity contribution in [3.63, 3.8) is 0 Å². The zero-order valence-corrected chi connectivity index (χ0v) is 9.95. The monoisotopic (exact) mass is 212 g/mol. The van der Waals surface area contributed by atoms with E-state index in [9.17, 15) is 5.11 Å². The topological polar surface area (TPSA) is 35.5 Å². The first-order chi connectivity index (χ1) is 7.16. The van der Waals surface area contributed by atoms with Crippen LogP contribution in [0.1, 0.15) is 32.6 Å². The van der Waals surface area contributed by atoms with Gasteiger partial charge in [0.25, 0.3) is 0 Å². The van der Waals surface area contributed by atoms with Gasteiger partial charge in [0.15, 0.2) is 0 Å². The quantitative estimate of drug-likeness (QED) is 0.727. The summed E-state index contributed by atoms with van der Waals surface area (Å²) in [4.78, 5) is 2.41. The molecule has 1 aliphatic carbocycles. The Morgan fingerprint density at radius 3 is 2.73 bits per heavy atom. The standard InChI is InChI=1S/C12H24N2O/c1-9-6-11(8-14(9)2)13-7-10-4-3-5-12(10)15/h9-13,15H,3-8H2,1-2H3. The van der Waals surface area contributed by atoms with Crippen molar-refractivity contribution in [3.05, 3.63) is 0 Å². The summed E-state index contributed by atoms with van der Waals surface area (Å²) in [6.45, 7) is 4.45. The lowest BCUT2D eigenvalue weighted by Crippen LogP contribution is -2.37. The summed E-state index contributed by atoms with van der Waals surface area (Å²) < 4.78 is 0. The van der Waals surface area contributed by atoms with Gasteiger partial charge in [0.1, 0.15) is 0 Å². The lowest BCUT2D eigenvalue weighted by molar-refractivity contribution is 0.130. The van der Waals surface area contributed by atoms with Crippen molar-refractivity contribution in [2.45, 2.75) is 50.8 Å². The Morgan fingerprint density at radius 2 is 2.20 bits per heavy atom. The Bertz CT molecular complexity index is 200. The molecule has 2 N–H and O–H groups in total. The maximum absolute atomic E-state index is 9.72. The van der Waals surface area contributed by atoms with Gasteiger partial charge in [-0.1, -0.05) is 6.42 Å². The van der Waals surface area contributed by atoms with E-state index in [4.69, 9.17) is 0 Å². The van der Waals surface area contributed by atoms with E-state index in [1.807, 2.05) is 0 Å². The maximum atomic E-state index is 9.72. The van der Waals surface area contributed by atoms with E-state index < -0.39 is 0 Å². The number of likely N-dealkylation sites (tertiary alicyclic amines) is 1. The second-order valence-corrected chi connectivity index (χ2v) is 5.39. The molecule has 1 saturated carbocycles. The van der Waals surface area contributed by atoms with E-state index in [0.717, 1.165) is 19.5 Å². The van der Waals surface area contributed by atoms with E-state index in [0.29, 0.717) is 18.0 Å². The number of aliphatic hydroxyl groups is 1. The van der Waals surface area contributed by atoms with E-state index in [2.05, 4.69) is 24.2 Å². The molecule has 2 rings (SSSR count). The molecule has 2 aliphatic rings. The van der Waals surface area contributed by atoms with Crippen LogP contribution >= 0.6 is 0 Å². The van der Waals surface area contributed by atoms with E-state index in [1.165, 1.54) is 19.3 Å². The van der Waals surface area contributed by atoms with Crippen molar-refractivity contribution in [2.24, 2.45) is 5.92 Å². The molecule has 4 unspecified atom stereocenters. The fourth-order valence-electron chi connectivity index (χ4n) is 2.92. The molecule has 1 heterocycles. The van der Waals surface area contributed by atoms with Gasteiger partial charge in [-0.05, 0) is 39.2 Å². The third-order valence-corrected chi connectivity index (χ3v) is 4.17. The average molecular weight is 212 g/mol. The van der Waals surface area contributed by atoms with Crippen LogP contribution in [-0.2, 0) is 0 Å². The lowest BCUT2D eigenvalue weighted by Gasteiger charge is -2.18. The predicted molar refractivity (Wildman–Crippen MR) is 61.8 cm³/mol.